The Morgan fingerprint density at radius 2 is 1.54 bits per heavy atom. The van der Waals surface area contributed by atoms with Crippen LogP contribution in [-0.2, 0) is 6.61 Å². The lowest BCUT2D eigenvalue weighted by molar-refractivity contribution is 0.0712. The molecule has 0 aliphatic carbocycles. The lowest BCUT2D eigenvalue weighted by Crippen LogP contribution is -2.36. The predicted octanol–water partition coefficient (Wildman–Crippen LogP) is 5.15. The van der Waals surface area contributed by atoms with Gasteiger partial charge in [0.25, 0.3) is 5.91 Å². The average Bonchev–Trinajstić information content (AvgIpc) is 3.38. The van der Waals surface area contributed by atoms with Crippen LogP contribution in [0.3, 0.4) is 0 Å². The van der Waals surface area contributed by atoms with Crippen molar-refractivity contribution in [3.8, 4) is 28.6 Å². The van der Waals surface area contributed by atoms with E-state index in [4.69, 9.17) is 9.47 Å². The van der Waals surface area contributed by atoms with Crippen LogP contribution in [0.25, 0.3) is 17.1 Å². The number of aromatic nitrogens is 3. The Kier molecular flexibility index (Phi) is 6.75. The van der Waals surface area contributed by atoms with Gasteiger partial charge >= 0.3 is 0 Å². The molecule has 1 aliphatic rings. The number of carbonyl (C=O) groups excluding carboxylic acids is 1. The molecule has 5 rings (SSSR count). The molecule has 178 valence electrons. The highest BCUT2D eigenvalue weighted by Crippen LogP contribution is 2.26. The van der Waals surface area contributed by atoms with Crippen molar-refractivity contribution in [2.75, 3.05) is 20.2 Å². The van der Waals surface area contributed by atoms with Gasteiger partial charge in [0.1, 0.15) is 18.1 Å². The molecule has 0 radical (unpaired) electrons. The second-order valence-electron chi connectivity index (χ2n) is 8.52. The van der Waals surface area contributed by atoms with E-state index < -0.39 is 0 Å². The van der Waals surface area contributed by atoms with E-state index in [9.17, 15) is 4.79 Å². The first-order valence-electron chi connectivity index (χ1n) is 11.9. The zero-order chi connectivity index (χ0) is 24.0. The highest BCUT2D eigenvalue weighted by Gasteiger charge is 2.24. The number of amides is 1. The predicted molar refractivity (Wildman–Crippen MR) is 134 cm³/mol. The van der Waals surface area contributed by atoms with Crippen LogP contribution in [-0.4, -0.2) is 45.8 Å². The second-order valence-corrected chi connectivity index (χ2v) is 8.52. The number of benzene rings is 3. The van der Waals surface area contributed by atoms with E-state index in [1.54, 1.807) is 11.8 Å². The van der Waals surface area contributed by atoms with Gasteiger partial charge in [-0.1, -0.05) is 30.3 Å². The number of rotatable bonds is 7. The third-order valence-corrected chi connectivity index (χ3v) is 6.12. The molecule has 0 spiro atoms. The number of piperidine rings is 1. The van der Waals surface area contributed by atoms with Crippen molar-refractivity contribution < 1.29 is 14.3 Å². The molecule has 0 unspecified atom stereocenters. The van der Waals surface area contributed by atoms with Crippen LogP contribution in [0.2, 0.25) is 0 Å². The van der Waals surface area contributed by atoms with Gasteiger partial charge in [0, 0.05) is 18.7 Å². The minimum Gasteiger partial charge on any atom is -0.497 e. The van der Waals surface area contributed by atoms with Gasteiger partial charge in [-0.15, -0.1) is 5.10 Å². The van der Waals surface area contributed by atoms with Gasteiger partial charge in [0.05, 0.1) is 12.8 Å². The summed E-state index contributed by atoms with van der Waals surface area (Å²) in [6.07, 6.45) is 3.19. The second kappa shape index (κ2) is 10.4. The number of methoxy groups -OCH3 is 1. The Morgan fingerprint density at radius 1 is 0.857 bits per heavy atom. The van der Waals surface area contributed by atoms with Crippen molar-refractivity contribution >= 4 is 5.91 Å². The molecule has 0 atom stereocenters. The molecule has 0 N–H and O–H groups in total. The van der Waals surface area contributed by atoms with Gasteiger partial charge in [-0.25, -0.2) is 9.67 Å². The standard InChI is InChI=1S/C28H28N4O3/c1-34-24-16-12-23(13-17-24)32-27(29-26(30-32)28(33)31-18-6-3-7-19-31)22-10-14-25(15-11-22)35-20-21-8-4-2-5-9-21/h2,4-5,8-17H,3,6-7,18-20H2,1H3. The van der Waals surface area contributed by atoms with Crippen LogP contribution in [0.15, 0.2) is 78.9 Å². The summed E-state index contributed by atoms with van der Waals surface area (Å²) in [6.45, 7) is 1.99. The lowest BCUT2D eigenvalue weighted by Gasteiger charge is -2.25. The quantitative estimate of drug-likeness (QED) is 0.375. The summed E-state index contributed by atoms with van der Waals surface area (Å²) in [5, 5.41) is 4.63. The number of ether oxygens (including phenoxy) is 2. The van der Waals surface area contributed by atoms with Crippen LogP contribution in [0.1, 0.15) is 35.4 Å². The van der Waals surface area contributed by atoms with Gasteiger partial charge in [-0.05, 0) is 73.4 Å². The summed E-state index contributed by atoms with van der Waals surface area (Å²) >= 11 is 0. The summed E-state index contributed by atoms with van der Waals surface area (Å²) in [4.78, 5) is 19.7. The first-order valence-corrected chi connectivity index (χ1v) is 11.9. The minimum absolute atomic E-state index is 0.124. The molecular formula is C28H28N4O3. The highest BCUT2D eigenvalue weighted by molar-refractivity contribution is 5.91. The van der Waals surface area contributed by atoms with E-state index in [1.165, 1.54) is 0 Å². The van der Waals surface area contributed by atoms with Gasteiger partial charge < -0.3 is 14.4 Å². The normalized spacial score (nSPS) is 13.5. The first-order chi connectivity index (χ1) is 17.2. The van der Waals surface area contributed by atoms with E-state index in [0.29, 0.717) is 12.4 Å². The number of likely N-dealkylation sites (tertiary alicyclic amines) is 1. The Morgan fingerprint density at radius 3 is 2.23 bits per heavy atom. The average molecular weight is 469 g/mol. The maximum Gasteiger partial charge on any atom is 0.293 e. The number of carbonyl (C=O) groups is 1. The summed E-state index contributed by atoms with van der Waals surface area (Å²) in [5.74, 6) is 2.20. The van der Waals surface area contributed by atoms with Gasteiger partial charge in [-0.3, -0.25) is 4.79 Å². The van der Waals surface area contributed by atoms with Gasteiger partial charge in [0.15, 0.2) is 5.82 Å². The molecule has 1 amide bonds. The van der Waals surface area contributed by atoms with Gasteiger partial charge in [-0.2, -0.15) is 0 Å². The summed E-state index contributed by atoms with van der Waals surface area (Å²) in [7, 11) is 1.63. The molecule has 1 fully saturated rings. The Hall–Kier alpha value is -4.13. The monoisotopic (exact) mass is 468 g/mol. The fraction of sp³-hybridized carbons (Fsp3) is 0.250. The van der Waals surface area contributed by atoms with Crippen LogP contribution in [0, 0.1) is 0 Å². The van der Waals surface area contributed by atoms with Crippen molar-refractivity contribution in [2.24, 2.45) is 0 Å². The van der Waals surface area contributed by atoms with Crippen LogP contribution in [0.5, 0.6) is 11.5 Å². The van der Waals surface area contributed by atoms with E-state index in [1.807, 2.05) is 83.8 Å². The van der Waals surface area contributed by atoms with Crippen LogP contribution < -0.4 is 9.47 Å². The van der Waals surface area contributed by atoms with E-state index >= 15 is 0 Å². The number of hydrogen-bond acceptors (Lipinski definition) is 5. The molecule has 7 nitrogen and oxygen atoms in total. The Labute approximate surface area is 204 Å². The lowest BCUT2D eigenvalue weighted by atomic mass is 10.1. The highest BCUT2D eigenvalue weighted by atomic mass is 16.5. The first kappa shape index (κ1) is 22.7. The number of nitrogens with zero attached hydrogens (tertiary/aromatic N) is 4. The van der Waals surface area contributed by atoms with E-state index in [0.717, 1.165) is 60.7 Å². The summed E-state index contributed by atoms with van der Waals surface area (Å²) < 4.78 is 12.9. The Balaban J connectivity index is 1.43. The van der Waals surface area contributed by atoms with Crippen molar-refractivity contribution in [3.05, 3.63) is 90.3 Å². The molecule has 3 aromatic carbocycles. The third kappa shape index (κ3) is 5.19. The zero-order valence-electron chi connectivity index (χ0n) is 19.8. The van der Waals surface area contributed by atoms with Crippen molar-refractivity contribution in [2.45, 2.75) is 25.9 Å². The zero-order valence-corrected chi connectivity index (χ0v) is 19.8. The van der Waals surface area contributed by atoms with Crippen LogP contribution >= 0.6 is 0 Å². The van der Waals surface area contributed by atoms with Crippen molar-refractivity contribution in [3.63, 3.8) is 0 Å². The molecule has 2 heterocycles. The molecule has 0 bridgehead atoms. The van der Waals surface area contributed by atoms with E-state index in [-0.39, 0.29) is 11.7 Å². The summed E-state index contributed by atoms with van der Waals surface area (Å²) in [5.41, 5.74) is 2.75. The molecule has 1 aromatic heterocycles. The van der Waals surface area contributed by atoms with Gasteiger partial charge in [0.2, 0.25) is 5.82 Å². The molecule has 1 saturated heterocycles. The minimum atomic E-state index is -0.124. The smallest absolute Gasteiger partial charge is 0.293 e. The summed E-state index contributed by atoms with van der Waals surface area (Å²) in [6, 6.07) is 25.3. The molecular weight excluding hydrogens is 440 g/mol. The molecule has 7 heteroatoms. The maximum absolute atomic E-state index is 13.1. The Bertz CT molecular complexity index is 1260. The fourth-order valence-electron chi connectivity index (χ4n) is 4.17. The molecule has 0 saturated carbocycles. The van der Waals surface area contributed by atoms with Crippen molar-refractivity contribution in [1.82, 2.24) is 19.7 Å². The maximum atomic E-state index is 13.1. The molecule has 4 aromatic rings. The van der Waals surface area contributed by atoms with E-state index in [2.05, 4.69) is 10.1 Å². The SMILES string of the molecule is COc1ccc(-n2nc(C(=O)N3CCCCC3)nc2-c2ccc(OCc3ccccc3)cc2)cc1. The number of hydrogen-bond donors (Lipinski definition) is 0. The third-order valence-electron chi connectivity index (χ3n) is 6.12. The topological polar surface area (TPSA) is 69.5 Å². The van der Waals surface area contributed by atoms with Crippen molar-refractivity contribution in [1.29, 1.82) is 0 Å². The molecule has 35 heavy (non-hydrogen) atoms. The molecule has 1 aliphatic heterocycles. The fourth-order valence-corrected chi connectivity index (χ4v) is 4.17. The van der Waals surface area contributed by atoms with Crippen LogP contribution in [0.4, 0.5) is 0 Å². The largest absolute Gasteiger partial charge is 0.497 e.